The molecular weight excluding hydrogens is 286 g/mol. The van der Waals surface area contributed by atoms with E-state index in [1.807, 2.05) is 0 Å². The third-order valence-electron chi connectivity index (χ3n) is 4.02. The number of anilines is 2. The molecule has 0 unspecified atom stereocenters. The molecule has 2 rings (SSSR count). The maximum atomic E-state index is 11.9. The van der Waals surface area contributed by atoms with E-state index in [2.05, 4.69) is 17.1 Å². The van der Waals surface area contributed by atoms with Crippen molar-refractivity contribution < 1.29 is 4.79 Å². The number of amides is 1. The molecule has 1 aliphatic heterocycles. The van der Waals surface area contributed by atoms with E-state index in [4.69, 9.17) is 17.3 Å². The molecule has 4 nitrogen and oxygen atoms in total. The van der Waals surface area contributed by atoms with E-state index >= 15 is 0 Å². The predicted molar refractivity (Wildman–Crippen MR) is 88.6 cm³/mol. The minimum atomic E-state index is 0.00653. The van der Waals surface area contributed by atoms with Gasteiger partial charge in [-0.1, -0.05) is 18.5 Å². The van der Waals surface area contributed by atoms with E-state index in [9.17, 15) is 4.79 Å². The lowest BCUT2D eigenvalue weighted by molar-refractivity contribution is -0.116. The topological polar surface area (TPSA) is 58.4 Å². The predicted octanol–water partition coefficient (Wildman–Crippen LogP) is 3.37. The highest BCUT2D eigenvalue weighted by Gasteiger charge is 2.15. The fraction of sp³-hybridized carbons (Fsp3) is 0.562. The van der Waals surface area contributed by atoms with Gasteiger partial charge in [0, 0.05) is 12.1 Å². The number of hydrogen-bond acceptors (Lipinski definition) is 3. The quantitative estimate of drug-likeness (QED) is 0.820. The molecule has 0 saturated carbocycles. The molecular formula is C16H24ClN3O. The molecule has 1 aromatic rings. The van der Waals surface area contributed by atoms with Crippen LogP contribution >= 0.6 is 11.6 Å². The summed E-state index contributed by atoms with van der Waals surface area (Å²) in [6, 6.07) is 5.12. The van der Waals surface area contributed by atoms with Crippen LogP contribution in [0.5, 0.6) is 0 Å². The number of nitrogens with one attached hydrogen (secondary N) is 1. The van der Waals surface area contributed by atoms with E-state index in [0.29, 0.717) is 22.8 Å². The van der Waals surface area contributed by atoms with E-state index < -0.39 is 0 Å². The van der Waals surface area contributed by atoms with E-state index in [-0.39, 0.29) is 5.91 Å². The summed E-state index contributed by atoms with van der Waals surface area (Å²) in [5, 5.41) is 3.32. The second kappa shape index (κ2) is 7.66. The van der Waals surface area contributed by atoms with Gasteiger partial charge in [0.2, 0.25) is 5.91 Å². The van der Waals surface area contributed by atoms with Crippen LogP contribution in [0.2, 0.25) is 5.02 Å². The highest BCUT2D eigenvalue weighted by Crippen LogP contribution is 2.24. The minimum Gasteiger partial charge on any atom is -0.399 e. The van der Waals surface area contributed by atoms with Crippen molar-refractivity contribution in [3.05, 3.63) is 23.2 Å². The SMILES string of the molecule is CC1CCN(CCCC(=O)Nc2ccc(N)cc2Cl)CC1. The third-order valence-corrected chi connectivity index (χ3v) is 4.33. The van der Waals surface area contributed by atoms with Crippen molar-refractivity contribution in [2.75, 3.05) is 30.7 Å². The van der Waals surface area contributed by atoms with Gasteiger partial charge in [0.05, 0.1) is 10.7 Å². The number of carbonyl (C=O) groups excluding carboxylic acids is 1. The molecule has 0 spiro atoms. The number of nitrogens with two attached hydrogens (primary N) is 1. The summed E-state index contributed by atoms with van der Waals surface area (Å²) in [7, 11) is 0. The Labute approximate surface area is 131 Å². The summed E-state index contributed by atoms with van der Waals surface area (Å²) >= 11 is 6.04. The fourth-order valence-corrected chi connectivity index (χ4v) is 2.83. The Morgan fingerprint density at radius 1 is 1.43 bits per heavy atom. The fourth-order valence-electron chi connectivity index (χ4n) is 2.59. The molecule has 0 atom stereocenters. The molecule has 1 saturated heterocycles. The van der Waals surface area contributed by atoms with Gasteiger partial charge < -0.3 is 16.0 Å². The van der Waals surface area contributed by atoms with E-state index in [0.717, 1.165) is 32.0 Å². The van der Waals surface area contributed by atoms with E-state index in [1.54, 1.807) is 18.2 Å². The van der Waals surface area contributed by atoms with Gasteiger partial charge in [-0.2, -0.15) is 0 Å². The number of halogens is 1. The number of carbonyl (C=O) groups is 1. The molecule has 21 heavy (non-hydrogen) atoms. The van der Waals surface area contributed by atoms with Crippen LogP contribution in [0.4, 0.5) is 11.4 Å². The van der Waals surface area contributed by atoms with Gasteiger partial charge in [0.15, 0.2) is 0 Å². The van der Waals surface area contributed by atoms with Crippen LogP contribution < -0.4 is 11.1 Å². The Balaban J connectivity index is 1.70. The Hall–Kier alpha value is -1.26. The van der Waals surface area contributed by atoms with E-state index in [1.165, 1.54) is 12.8 Å². The minimum absolute atomic E-state index is 0.00653. The van der Waals surface area contributed by atoms with Crippen LogP contribution in [0.1, 0.15) is 32.6 Å². The van der Waals surface area contributed by atoms with Crippen molar-refractivity contribution in [3.63, 3.8) is 0 Å². The first-order chi connectivity index (χ1) is 10.0. The van der Waals surface area contributed by atoms with Gasteiger partial charge in [0.1, 0.15) is 0 Å². The summed E-state index contributed by atoms with van der Waals surface area (Å²) in [4.78, 5) is 14.4. The summed E-state index contributed by atoms with van der Waals surface area (Å²) in [5.74, 6) is 0.851. The number of benzene rings is 1. The lowest BCUT2D eigenvalue weighted by atomic mass is 9.99. The zero-order chi connectivity index (χ0) is 15.2. The summed E-state index contributed by atoms with van der Waals surface area (Å²) < 4.78 is 0. The molecule has 0 radical (unpaired) electrons. The highest BCUT2D eigenvalue weighted by molar-refractivity contribution is 6.34. The zero-order valence-electron chi connectivity index (χ0n) is 12.6. The number of likely N-dealkylation sites (tertiary alicyclic amines) is 1. The highest BCUT2D eigenvalue weighted by atomic mass is 35.5. The molecule has 0 aliphatic carbocycles. The van der Waals surface area contributed by atoms with Crippen molar-refractivity contribution in [1.82, 2.24) is 4.90 Å². The van der Waals surface area contributed by atoms with Crippen LogP contribution in [0.3, 0.4) is 0 Å². The first-order valence-corrected chi connectivity index (χ1v) is 7.99. The standard InChI is InChI=1S/C16H24ClN3O/c1-12-6-9-20(10-7-12)8-2-3-16(21)19-15-5-4-13(18)11-14(15)17/h4-5,11-12H,2-3,6-10,18H2,1H3,(H,19,21). The number of rotatable bonds is 5. The molecule has 1 fully saturated rings. The van der Waals surface area contributed by atoms with Gasteiger partial charge in [-0.05, 0) is 63.0 Å². The molecule has 3 N–H and O–H groups in total. The largest absolute Gasteiger partial charge is 0.399 e. The maximum absolute atomic E-state index is 11.9. The number of piperidine rings is 1. The summed E-state index contributed by atoms with van der Waals surface area (Å²) in [5.41, 5.74) is 6.85. The molecule has 0 aromatic heterocycles. The lowest BCUT2D eigenvalue weighted by Crippen LogP contribution is -2.33. The van der Waals surface area contributed by atoms with Gasteiger partial charge in [0.25, 0.3) is 0 Å². The van der Waals surface area contributed by atoms with Crippen LogP contribution in [-0.2, 0) is 4.79 Å². The average Bonchev–Trinajstić information content (AvgIpc) is 2.44. The van der Waals surface area contributed by atoms with Crippen molar-refractivity contribution in [3.8, 4) is 0 Å². The Morgan fingerprint density at radius 2 is 2.14 bits per heavy atom. The average molecular weight is 310 g/mol. The molecule has 116 valence electrons. The van der Waals surface area contributed by atoms with Crippen molar-refractivity contribution in [2.24, 2.45) is 5.92 Å². The Bertz CT molecular complexity index is 484. The van der Waals surface area contributed by atoms with Gasteiger partial charge in [-0.15, -0.1) is 0 Å². The Morgan fingerprint density at radius 3 is 2.81 bits per heavy atom. The van der Waals surface area contributed by atoms with Crippen LogP contribution in [0.25, 0.3) is 0 Å². The van der Waals surface area contributed by atoms with Crippen molar-refractivity contribution >= 4 is 28.9 Å². The molecule has 0 bridgehead atoms. The van der Waals surface area contributed by atoms with Gasteiger partial charge in [-0.3, -0.25) is 4.79 Å². The first kappa shape index (κ1) is 16.1. The first-order valence-electron chi connectivity index (χ1n) is 7.62. The Kier molecular flexibility index (Phi) is 5.88. The molecule has 1 aliphatic rings. The second-order valence-corrected chi connectivity index (χ2v) is 6.32. The number of hydrogen-bond donors (Lipinski definition) is 2. The summed E-state index contributed by atoms with van der Waals surface area (Å²) in [6.45, 7) is 5.62. The van der Waals surface area contributed by atoms with Crippen LogP contribution in [-0.4, -0.2) is 30.4 Å². The smallest absolute Gasteiger partial charge is 0.224 e. The summed E-state index contributed by atoms with van der Waals surface area (Å²) in [6.07, 6.45) is 3.94. The third kappa shape index (κ3) is 5.21. The lowest BCUT2D eigenvalue weighted by Gasteiger charge is -2.29. The van der Waals surface area contributed by atoms with Gasteiger partial charge in [-0.25, -0.2) is 0 Å². The molecule has 1 aromatic carbocycles. The zero-order valence-corrected chi connectivity index (χ0v) is 13.3. The number of nitrogens with zero attached hydrogens (tertiary/aromatic N) is 1. The van der Waals surface area contributed by atoms with Crippen LogP contribution in [0, 0.1) is 5.92 Å². The normalized spacial score (nSPS) is 16.9. The monoisotopic (exact) mass is 309 g/mol. The molecule has 1 heterocycles. The molecule has 5 heteroatoms. The molecule has 1 amide bonds. The van der Waals surface area contributed by atoms with Crippen molar-refractivity contribution in [2.45, 2.75) is 32.6 Å². The maximum Gasteiger partial charge on any atom is 0.224 e. The second-order valence-electron chi connectivity index (χ2n) is 5.92. The van der Waals surface area contributed by atoms with Crippen molar-refractivity contribution in [1.29, 1.82) is 0 Å². The van der Waals surface area contributed by atoms with Gasteiger partial charge >= 0.3 is 0 Å². The number of nitrogen functional groups attached to an aromatic ring is 1. The van der Waals surface area contributed by atoms with Crippen LogP contribution in [0.15, 0.2) is 18.2 Å².